The molecular weight excluding hydrogens is 224 g/mol. The molecule has 1 fully saturated rings. The highest BCUT2D eigenvalue weighted by atomic mass is 32.2. The van der Waals surface area contributed by atoms with E-state index in [2.05, 4.69) is 22.6 Å². The van der Waals surface area contributed by atoms with E-state index in [9.17, 15) is 0 Å². The summed E-state index contributed by atoms with van der Waals surface area (Å²) < 4.78 is 0. The average Bonchev–Trinajstić information content (AvgIpc) is 2.87. The van der Waals surface area contributed by atoms with Gasteiger partial charge >= 0.3 is 0 Å². The molecule has 15 heavy (non-hydrogen) atoms. The van der Waals surface area contributed by atoms with Crippen LogP contribution in [0.15, 0.2) is 5.38 Å². The lowest BCUT2D eigenvalue weighted by Gasteiger charge is -2.06. The lowest BCUT2D eigenvalue weighted by molar-refractivity contribution is 0.596. The Balaban J connectivity index is 1.83. The Labute approximate surface area is 99.9 Å². The van der Waals surface area contributed by atoms with E-state index in [-0.39, 0.29) is 0 Å². The molecular formula is C11H18N2S2. The van der Waals surface area contributed by atoms with Crippen molar-refractivity contribution in [3.8, 4) is 0 Å². The second-order valence-electron chi connectivity index (χ2n) is 3.87. The highest BCUT2D eigenvalue weighted by Crippen LogP contribution is 2.19. The number of thiazole rings is 1. The quantitative estimate of drug-likeness (QED) is 0.859. The molecule has 2 nitrogen and oxygen atoms in total. The summed E-state index contributed by atoms with van der Waals surface area (Å²) in [5, 5.41) is 7.03. The van der Waals surface area contributed by atoms with Gasteiger partial charge in [-0.15, -0.1) is 11.3 Å². The van der Waals surface area contributed by atoms with Crippen molar-refractivity contribution in [3.05, 3.63) is 16.1 Å². The van der Waals surface area contributed by atoms with Gasteiger partial charge in [-0.1, -0.05) is 6.92 Å². The van der Waals surface area contributed by atoms with Gasteiger partial charge in [-0.05, 0) is 25.1 Å². The number of hydrogen-bond acceptors (Lipinski definition) is 4. The fraction of sp³-hybridized carbons (Fsp3) is 0.727. The van der Waals surface area contributed by atoms with Crippen LogP contribution >= 0.6 is 23.1 Å². The maximum absolute atomic E-state index is 4.67. The Morgan fingerprint density at radius 2 is 2.60 bits per heavy atom. The molecule has 4 heteroatoms. The SMILES string of the molecule is CCSCc1nc(CC2CCCN2)cs1. The van der Waals surface area contributed by atoms with Crippen LogP contribution < -0.4 is 5.32 Å². The van der Waals surface area contributed by atoms with Gasteiger partial charge in [0.25, 0.3) is 0 Å². The van der Waals surface area contributed by atoms with Gasteiger partial charge in [0.1, 0.15) is 5.01 Å². The minimum atomic E-state index is 0.679. The predicted octanol–water partition coefficient (Wildman–Crippen LogP) is 2.69. The maximum atomic E-state index is 4.67. The van der Waals surface area contributed by atoms with E-state index in [1.165, 1.54) is 35.8 Å². The van der Waals surface area contributed by atoms with Gasteiger partial charge < -0.3 is 5.32 Å². The predicted molar refractivity (Wildman–Crippen MR) is 68.7 cm³/mol. The Morgan fingerprint density at radius 3 is 3.33 bits per heavy atom. The van der Waals surface area contributed by atoms with Crippen LogP contribution in [0.25, 0.3) is 0 Å². The molecule has 1 saturated heterocycles. The molecule has 84 valence electrons. The largest absolute Gasteiger partial charge is 0.314 e. The van der Waals surface area contributed by atoms with Crippen molar-refractivity contribution in [3.63, 3.8) is 0 Å². The standard InChI is InChI=1S/C11H18N2S2/c1-2-14-8-11-13-10(7-15-11)6-9-4-3-5-12-9/h7,9,12H,2-6,8H2,1H3. The fourth-order valence-electron chi connectivity index (χ4n) is 1.88. The van der Waals surface area contributed by atoms with Crippen LogP contribution in [0, 0.1) is 0 Å². The zero-order valence-corrected chi connectivity index (χ0v) is 10.8. The van der Waals surface area contributed by atoms with Crippen LogP contribution in [0.1, 0.15) is 30.5 Å². The number of nitrogens with one attached hydrogen (secondary N) is 1. The van der Waals surface area contributed by atoms with Crippen LogP contribution in [0.3, 0.4) is 0 Å². The molecule has 0 spiro atoms. The van der Waals surface area contributed by atoms with Crippen LogP contribution in [-0.2, 0) is 12.2 Å². The van der Waals surface area contributed by atoms with Crippen molar-refractivity contribution in [2.24, 2.45) is 0 Å². The number of aromatic nitrogens is 1. The topological polar surface area (TPSA) is 24.9 Å². The van der Waals surface area contributed by atoms with Crippen molar-refractivity contribution < 1.29 is 0 Å². The number of thioether (sulfide) groups is 1. The molecule has 1 aromatic rings. The molecule has 1 atom stereocenters. The van der Waals surface area contributed by atoms with Gasteiger partial charge in [-0.2, -0.15) is 11.8 Å². The highest BCUT2D eigenvalue weighted by molar-refractivity contribution is 7.98. The summed E-state index contributed by atoms with van der Waals surface area (Å²) in [6, 6.07) is 0.679. The normalized spacial score (nSPS) is 21.0. The summed E-state index contributed by atoms with van der Waals surface area (Å²) >= 11 is 3.76. The van der Waals surface area contributed by atoms with Crippen LogP contribution in [-0.4, -0.2) is 23.3 Å². The zero-order valence-electron chi connectivity index (χ0n) is 9.16. The van der Waals surface area contributed by atoms with Crippen molar-refractivity contribution in [2.45, 2.75) is 38.0 Å². The molecule has 2 rings (SSSR count). The van der Waals surface area contributed by atoms with E-state index in [4.69, 9.17) is 0 Å². The third-order valence-corrected chi connectivity index (χ3v) is 4.61. The smallest absolute Gasteiger partial charge is 0.103 e. The minimum Gasteiger partial charge on any atom is -0.314 e. The summed E-state index contributed by atoms with van der Waals surface area (Å²) in [6.45, 7) is 3.38. The lowest BCUT2D eigenvalue weighted by Crippen LogP contribution is -2.23. The van der Waals surface area contributed by atoms with Gasteiger partial charge in [-0.25, -0.2) is 4.98 Å². The number of nitrogens with zero attached hydrogens (tertiary/aromatic N) is 1. The summed E-state index contributed by atoms with van der Waals surface area (Å²) in [5.41, 5.74) is 1.28. The van der Waals surface area contributed by atoms with Crippen molar-refractivity contribution in [1.82, 2.24) is 10.3 Å². The monoisotopic (exact) mass is 242 g/mol. The van der Waals surface area contributed by atoms with Gasteiger partial charge in [-0.3, -0.25) is 0 Å². The Kier molecular flexibility index (Phi) is 4.47. The fourth-order valence-corrected chi connectivity index (χ4v) is 3.44. The van der Waals surface area contributed by atoms with E-state index in [0.717, 1.165) is 12.2 Å². The van der Waals surface area contributed by atoms with E-state index in [1.54, 1.807) is 0 Å². The molecule has 0 aliphatic carbocycles. The zero-order chi connectivity index (χ0) is 10.5. The first-order valence-electron chi connectivity index (χ1n) is 5.63. The van der Waals surface area contributed by atoms with Crippen LogP contribution in [0.5, 0.6) is 0 Å². The third-order valence-electron chi connectivity index (χ3n) is 2.65. The Morgan fingerprint density at radius 1 is 1.67 bits per heavy atom. The van der Waals surface area contributed by atoms with E-state index >= 15 is 0 Å². The maximum Gasteiger partial charge on any atom is 0.103 e. The molecule has 1 aliphatic rings. The second kappa shape index (κ2) is 5.87. The van der Waals surface area contributed by atoms with Gasteiger partial charge in [0.15, 0.2) is 0 Å². The van der Waals surface area contributed by atoms with E-state index < -0.39 is 0 Å². The van der Waals surface area contributed by atoms with Gasteiger partial charge in [0, 0.05) is 23.6 Å². The molecule has 0 saturated carbocycles. The first kappa shape index (κ1) is 11.4. The first-order chi connectivity index (χ1) is 7.38. The van der Waals surface area contributed by atoms with Crippen molar-refractivity contribution in [1.29, 1.82) is 0 Å². The van der Waals surface area contributed by atoms with E-state index in [1.807, 2.05) is 23.1 Å². The highest BCUT2D eigenvalue weighted by Gasteiger charge is 2.15. The summed E-state index contributed by atoms with van der Waals surface area (Å²) in [7, 11) is 0. The molecule has 1 unspecified atom stereocenters. The first-order valence-corrected chi connectivity index (χ1v) is 7.66. The summed E-state index contributed by atoms with van der Waals surface area (Å²) in [4.78, 5) is 4.67. The molecule has 0 amide bonds. The Hall–Kier alpha value is -0.0600. The Bertz CT molecular complexity index is 293. The molecule has 2 heterocycles. The second-order valence-corrected chi connectivity index (χ2v) is 6.08. The molecule has 1 N–H and O–H groups in total. The number of hydrogen-bond donors (Lipinski definition) is 1. The van der Waals surface area contributed by atoms with Gasteiger partial charge in [0.05, 0.1) is 5.69 Å². The molecule has 0 bridgehead atoms. The molecule has 1 aromatic heterocycles. The molecule has 0 aromatic carbocycles. The summed E-state index contributed by atoms with van der Waals surface area (Å²) in [5.74, 6) is 2.26. The average molecular weight is 242 g/mol. The molecule has 1 aliphatic heterocycles. The minimum absolute atomic E-state index is 0.679. The molecule has 0 radical (unpaired) electrons. The van der Waals surface area contributed by atoms with Crippen LogP contribution in [0.2, 0.25) is 0 Å². The van der Waals surface area contributed by atoms with Crippen LogP contribution in [0.4, 0.5) is 0 Å². The summed E-state index contributed by atoms with van der Waals surface area (Å²) in [6.07, 6.45) is 3.76. The lowest BCUT2D eigenvalue weighted by atomic mass is 10.1. The number of rotatable bonds is 5. The third kappa shape index (κ3) is 3.47. The van der Waals surface area contributed by atoms with Crippen molar-refractivity contribution >= 4 is 23.1 Å². The van der Waals surface area contributed by atoms with E-state index in [0.29, 0.717) is 6.04 Å². The van der Waals surface area contributed by atoms with Crippen molar-refractivity contribution in [2.75, 3.05) is 12.3 Å². The van der Waals surface area contributed by atoms with Gasteiger partial charge in [0.2, 0.25) is 0 Å².